The van der Waals surface area contributed by atoms with Crippen molar-refractivity contribution in [2.45, 2.75) is 63.7 Å². The van der Waals surface area contributed by atoms with E-state index in [1.165, 1.54) is 19.8 Å². The van der Waals surface area contributed by atoms with Gasteiger partial charge in [0.05, 0.1) is 0 Å². The lowest BCUT2D eigenvalue weighted by atomic mass is 9.98. The zero-order valence-corrected chi connectivity index (χ0v) is 11.4. The van der Waals surface area contributed by atoms with Gasteiger partial charge in [-0.3, -0.25) is 9.59 Å². The van der Waals surface area contributed by atoms with E-state index in [-0.39, 0.29) is 11.8 Å². The maximum atomic E-state index is 12.2. The highest BCUT2D eigenvalue weighted by atomic mass is 16.2. The lowest BCUT2D eigenvalue weighted by molar-refractivity contribution is -0.136. The molecule has 2 fully saturated rings. The minimum atomic E-state index is -0.431. The Morgan fingerprint density at radius 2 is 1.83 bits per heavy atom. The fourth-order valence-electron chi connectivity index (χ4n) is 3.20. The molecule has 0 radical (unpaired) electrons. The molecule has 2 saturated heterocycles. The molecular formula is C13H23N3O2. The standard InChI is InChI=1S/C13H23N3O2/c1-8(14-9(2)17)13(18)16(3)12-6-10-4-5-11(7-12)15-10/h8,10-12,15H,4-7H2,1-3H3,(H,14,17). The summed E-state index contributed by atoms with van der Waals surface area (Å²) in [5.41, 5.74) is 0. The van der Waals surface area contributed by atoms with Gasteiger partial charge in [-0.1, -0.05) is 0 Å². The molecule has 2 aliphatic heterocycles. The highest BCUT2D eigenvalue weighted by Gasteiger charge is 2.37. The Kier molecular flexibility index (Phi) is 3.90. The molecule has 0 spiro atoms. The number of nitrogens with zero attached hydrogens (tertiary/aromatic N) is 1. The summed E-state index contributed by atoms with van der Waals surface area (Å²) < 4.78 is 0. The number of hydrogen-bond donors (Lipinski definition) is 2. The molecule has 2 bridgehead atoms. The number of rotatable bonds is 3. The smallest absolute Gasteiger partial charge is 0.244 e. The Morgan fingerprint density at radius 1 is 1.28 bits per heavy atom. The van der Waals surface area contributed by atoms with Gasteiger partial charge in [-0.25, -0.2) is 0 Å². The average molecular weight is 253 g/mol. The van der Waals surface area contributed by atoms with E-state index < -0.39 is 6.04 Å². The van der Waals surface area contributed by atoms with Gasteiger partial charge in [-0.2, -0.15) is 0 Å². The summed E-state index contributed by atoms with van der Waals surface area (Å²) in [6.07, 6.45) is 4.52. The van der Waals surface area contributed by atoms with Gasteiger partial charge >= 0.3 is 0 Å². The van der Waals surface area contributed by atoms with Crippen LogP contribution < -0.4 is 10.6 Å². The van der Waals surface area contributed by atoms with Crippen LogP contribution in [-0.4, -0.2) is 47.9 Å². The van der Waals surface area contributed by atoms with Crippen molar-refractivity contribution in [2.75, 3.05) is 7.05 Å². The van der Waals surface area contributed by atoms with Crippen LogP contribution in [0.15, 0.2) is 0 Å². The van der Waals surface area contributed by atoms with Crippen LogP contribution in [0, 0.1) is 0 Å². The maximum Gasteiger partial charge on any atom is 0.244 e. The zero-order valence-electron chi connectivity index (χ0n) is 11.4. The van der Waals surface area contributed by atoms with E-state index in [0.717, 1.165) is 12.8 Å². The van der Waals surface area contributed by atoms with E-state index in [2.05, 4.69) is 10.6 Å². The quantitative estimate of drug-likeness (QED) is 0.758. The molecule has 2 amide bonds. The van der Waals surface area contributed by atoms with Crippen molar-refractivity contribution in [1.82, 2.24) is 15.5 Å². The maximum absolute atomic E-state index is 12.2. The number of amides is 2. The molecule has 102 valence electrons. The Labute approximate surface area is 108 Å². The number of piperidine rings is 1. The average Bonchev–Trinajstić information content (AvgIpc) is 2.65. The van der Waals surface area contributed by atoms with Crippen LogP contribution in [0.5, 0.6) is 0 Å². The van der Waals surface area contributed by atoms with Gasteiger partial charge in [-0.05, 0) is 32.6 Å². The molecule has 0 aromatic heterocycles. The highest BCUT2D eigenvalue weighted by Crippen LogP contribution is 2.29. The number of nitrogens with one attached hydrogen (secondary N) is 2. The Balaban J connectivity index is 1.92. The van der Waals surface area contributed by atoms with Crippen LogP contribution in [0.3, 0.4) is 0 Å². The Bertz CT molecular complexity index is 333. The van der Waals surface area contributed by atoms with Crippen molar-refractivity contribution in [3.8, 4) is 0 Å². The molecule has 3 unspecified atom stereocenters. The molecule has 2 aliphatic rings. The van der Waals surface area contributed by atoms with Crippen LogP contribution in [0.25, 0.3) is 0 Å². The molecular weight excluding hydrogens is 230 g/mol. The van der Waals surface area contributed by atoms with Gasteiger partial charge < -0.3 is 15.5 Å². The first-order valence-corrected chi connectivity index (χ1v) is 6.77. The second-order valence-electron chi connectivity index (χ2n) is 5.63. The molecule has 0 aliphatic carbocycles. The number of carbonyl (C=O) groups is 2. The summed E-state index contributed by atoms with van der Waals surface area (Å²) in [6, 6.07) is 1.02. The van der Waals surface area contributed by atoms with E-state index in [1.54, 1.807) is 6.92 Å². The summed E-state index contributed by atoms with van der Waals surface area (Å²) in [5.74, 6) is -0.147. The van der Waals surface area contributed by atoms with E-state index in [1.807, 2.05) is 11.9 Å². The van der Waals surface area contributed by atoms with Crippen LogP contribution in [0.1, 0.15) is 39.5 Å². The summed E-state index contributed by atoms with van der Waals surface area (Å²) in [5, 5.41) is 6.22. The number of fused-ring (bicyclic) bond motifs is 2. The van der Waals surface area contributed by atoms with Crippen molar-refractivity contribution < 1.29 is 9.59 Å². The minimum Gasteiger partial charge on any atom is -0.345 e. The molecule has 0 aromatic carbocycles. The minimum absolute atomic E-state index is 0.0106. The monoisotopic (exact) mass is 253 g/mol. The molecule has 2 heterocycles. The van der Waals surface area contributed by atoms with Crippen molar-refractivity contribution in [3.05, 3.63) is 0 Å². The van der Waals surface area contributed by atoms with Gasteiger partial charge in [0.2, 0.25) is 11.8 Å². The van der Waals surface area contributed by atoms with Crippen molar-refractivity contribution >= 4 is 11.8 Å². The van der Waals surface area contributed by atoms with E-state index >= 15 is 0 Å². The molecule has 5 heteroatoms. The lowest BCUT2D eigenvalue weighted by Gasteiger charge is -2.36. The van der Waals surface area contributed by atoms with Gasteiger partial charge in [-0.15, -0.1) is 0 Å². The number of carbonyl (C=O) groups excluding carboxylic acids is 2. The number of likely N-dealkylation sites (N-methyl/N-ethyl adjacent to an activating group) is 1. The second kappa shape index (κ2) is 5.26. The first-order valence-electron chi connectivity index (χ1n) is 6.77. The Morgan fingerprint density at radius 3 is 2.33 bits per heavy atom. The lowest BCUT2D eigenvalue weighted by Crippen LogP contribution is -2.53. The fourth-order valence-corrected chi connectivity index (χ4v) is 3.20. The number of hydrogen-bond acceptors (Lipinski definition) is 3. The topological polar surface area (TPSA) is 61.4 Å². The Hall–Kier alpha value is -1.10. The molecule has 18 heavy (non-hydrogen) atoms. The van der Waals surface area contributed by atoms with Crippen LogP contribution in [0.4, 0.5) is 0 Å². The highest BCUT2D eigenvalue weighted by molar-refractivity contribution is 5.86. The van der Waals surface area contributed by atoms with Gasteiger partial charge in [0.1, 0.15) is 6.04 Å². The zero-order chi connectivity index (χ0) is 13.3. The molecule has 0 aromatic rings. The first kappa shape index (κ1) is 13.3. The van der Waals surface area contributed by atoms with Crippen molar-refractivity contribution in [2.24, 2.45) is 0 Å². The molecule has 2 N–H and O–H groups in total. The largest absolute Gasteiger partial charge is 0.345 e. The third-order valence-electron chi connectivity index (χ3n) is 4.13. The molecule has 5 nitrogen and oxygen atoms in total. The third-order valence-corrected chi connectivity index (χ3v) is 4.13. The van der Waals surface area contributed by atoms with Crippen molar-refractivity contribution in [3.63, 3.8) is 0 Å². The first-order chi connectivity index (χ1) is 8.47. The molecule has 0 saturated carbocycles. The van der Waals surface area contributed by atoms with Gasteiger partial charge in [0, 0.05) is 32.1 Å². The van der Waals surface area contributed by atoms with E-state index in [4.69, 9.17) is 0 Å². The van der Waals surface area contributed by atoms with Crippen LogP contribution in [-0.2, 0) is 9.59 Å². The predicted molar refractivity (Wildman–Crippen MR) is 69.0 cm³/mol. The normalized spacial score (nSPS) is 31.8. The SMILES string of the molecule is CC(=O)NC(C)C(=O)N(C)C1CC2CCC(C1)N2. The van der Waals surface area contributed by atoms with E-state index in [0.29, 0.717) is 18.1 Å². The summed E-state index contributed by atoms with van der Waals surface area (Å²) in [7, 11) is 1.86. The fraction of sp³-hybridized carbons (Fsp3) is 0.846. The molecule has 3 atom stereocenters. The third kappa shape index (κ3) is 2.83. The van der Waals surface area contributed by atoms with Crippen molar-refractivity contribution in [1.29, 1.82) is 0 Å². The summed E-state index contributed by atoms with van der Waals surface area (Å²) >= 11 is 0. The second-order valence-corrected chi connectivity index (χ2v) is 5.63. The predicted octanol–water partition coefficient (Wildman–Crippen LogP) is 0.252. The van der Waals surface area contributed by atoms with E-state index in [9.17, 15) is 9.59 Å². The van der Waals surface area contributed by atoms with Gasteiger partial charge in [0.25, 0.3) is 0 Å². The van der Waals surface area contributed by atoms with Crippen LogP contribution in [0.2, 0.25) is 0 Å². The summed E-state index contributed by atoms with van der Waals surface area (Å²) in [6.45, 7) is 3.18. The van der Waals surface area contributed by atoms with Crippen LogP contribution >= 0.6 is 0 Å². The van der Waals surface area contributed by atoms with Gasteiger partial charge in [0.15, 0.2) is 0 Å². The molecule has 2 rings (SSSR count). The summed E-state index contributed by atoms with van der Waals surface area (Å²) in [4.78, 5) is 25.0.